The van der Waals surface area contributed by atoms with E-state index < -0.39 is 14.6 Å². The molecule has 0 aromatic carbocycles. The van der Waals surface area contributed by atoms with Crippen LogP contribution >= 0.6 is 0 Å². The molecule has 7 nitrogen and oxygen atoms in total. The highest BCUT2D eigenvalue weighted by Gasteiger charge is 2.35. The van der Waals surface area contributed by atoms with Crippen LogP contribution < -0.4 is 4.74 Å². The first-order chi connectivity index (χ1) is 11.7. The summed E-state index contributed by atoms with van der Waals surface area (Å²) in [5, 5.41) is 9.06. The topological polar surface area (TPSA) is 84.1 Å². The number of rotatable bonds is 5. The molecule has 1 fully saturated rings. The van der Waals surface area contributed by atoms with Gasteiger partial charge in [-0.05, 0) is 27.2 Å². The van der Waals surface area contributed by atoms with Gasteiger partial charge in [-0.15, -0.1) is 0 Å². The third kappa shape index (κ3) is 3.51. The Hall–Kier alpha value is -1.64. The second kappa shape index (κ2) is 6.59. The Morgan fingerprint density at radius 1 is 1.40 bits per heavy atom. The number of pyridine rings is 1. The lowest BCUT2D eigenvalue weighted by Gasteiger charge is -2.23. The number of likely N-dealkylation sites (tertiary alicyclic amines) is 1. The number of hydrogen-bond donors (Lipinski definition) is 1. The van der Waals surface area contributed by atoms with Crippen LogP contribution in [0, 0.1) is 0 Å². The Morgan fingerprint density at radius 2 is 2.16 bits per heavy atom. The fourth-order valence-corrected chi connectivity index (χ4v) is 4.25. The van der Waals surface area contributed by atoms with E-state index in [0.717, 1.165) is 13.0 Å². The molecule has 0 amide bonds. The molecule has 0 radical (unpaired) electrons. The standard InChI is InChI=1S/C17H25N3O4S/c1-17(2,3)25(22,23)15-12-20-7-5-18-16(20)10-14(15)24-13-4-6-19(11-13)8-9-21/h5,7,10,12-13,21H,4,6,8-9,11H2,1-3H3. The fraction of sp³-hybridized carbons (Fsp3) is 0.588. The zero-order chi connectivity index (χ0) is 18.2. The van der Waals surface area contributed by atoms with Gasteiger partial charge in [0.2, 0.25) is 0 Å². The van der Waals surface area contributed by atoms with Crippen molar-refractivity contribution in [3.8, 4) is 5.75 Å². The van der Waals surface area contributed by atoms with E-state index in [1.54, 1.807) is 49.8 Å². The maximum Gasteiger partial charge on any atom is 0.188 e. The minimum Gasteiger partial charge on any atom is -0.487 e. The van der Waals surface area contributed by atoms with Gasteiger partial charge in [0, 0.05) is 44.3 Å². The zero-order valence-electron chi connectivity index (χ0n) is 14.8. The highest BCUT2D eigenvalue weighted by Crippen LogP contribution is 2.34. The van der Waals surface area contributed by atoms with Gasteiger partial charge in [0.05, 0.1) is 11.4 Å². The average Bonchev–Trinajstić information content (AvgIpc) is 3.14. The molecule has 0 bridgehead atoms. The molecule has 1 saturated heterocycles. The normalized spacial score (nSPS) is 19.6. The zero-order valence-corrected chi connectivity index (χ0v) is 15.7. The van der Waals surface area contributed by atoms with Crippen LogP contribution in [0.5, 0.6) is 5.75 Å². The molecule has 1 N–H and O–H groups in total. The van der Waals surface area contributed by atoms with Gasteiger partial charge in [0.1, 0.15) is 22.4 Å². The van der Waals surface area contributed by atoms with E-state index in [0.29, 0.717) is 24.5 Å². The Kier molecular flexibility index (Phi) is 4.78. The summed E-state index contributed by atoms with van der Waals surface area (Å²) in [6.45, 7) is 7.27. The van der Waals surface area contributed by atoms with E-state index >= 15 is 0 Å². The first kappa shape index (κ1) is 18.2. The number of aliphatic hydroxyl groups is 1. The quantitative estimate of drug-likeness (QED) is 0.859. The molecule has 25 heavy (non-hydrogen) atoms. The van der Waals surface area contributed by atoms with E-state index in [2.05, 4.69) is 9.88 Å². The van der Waals surface area contributed by atoms with Crippen molar-refractivity contribution >= 4 is 15.5 Å². The van der Waals surface area contributed by atoms with Crippen LogP contribution in [0.25, 0.3) is 5.65 Å². The molecule has 0 spiro atoms. The molecule has 8 heteroatoms. The van der Waals surface area contributed by atoms with E-state index in [1.165, 1.54) is 0 Å². The van der Waals surface area contributed by atoms with Crippen molar-refractivity contribution in [2.45, 2.75) is 42.9 Å². The van der Waals surface area contributed by atoms with Gasteiger partial charge in [-0.25, -0.2) is 13.4 Å². The van der Waals surface area contributed by atoms with Crippen LogP contribution in [0.1, 0.15) is 27.2 Å². The van der Waals surface area contributed by atoms with Gasteiger partial charge in [-0.2, -0.15) is 0 Å². The molecule has 0 saturated carbocycles. The number of nitrogens with zero attached hydrogens (tertiary/aromatic N) is 3. The summed E-state index contributed by atoms with van der Waals surface area (Å²) in [6, 6.07) is 1.69. The molecule has 2 aromatic rings. The van der Waals surface area contributed by atoms with Gasteiger partial charge >= 0.3 is 0 Å². The fourth-order valence-electron chi connectivity index (χ4n) is 2.97. The van der Waals surface area contributed by atoms with Gasteiger partial charge in [0.15, 0.2) is 9.84 Å². The molecule has 138 valence electrons. The molecular formula is C17H25N3O4S. The largest absolute Gasteiger partial charge is 0.487 e. The van der Waals surface area contributed by atoms with E-state index in [9.17, 15) is 8.42 Å². The summed E-state index contributed by atoms with van der Waals surface area (Å²) in [6.07, 6.45) is 5.63. The maximum absolute atomic E-state index is 13.0. The highest BCUT2D eigenvalue weighted by atomic mass is 32.2. The highest BCUT2D eigenvalue weighted by molar-refractivity contribution is 7.92. The summed E-state index contributed by atoms with van der Waals surface area (Å²) >= 11 is 0. The molecule has 1 unspecified atom stereocenters. The number of hydrogen-bond acceptors (Lipinski definition) is 6. The Balaban J connectivity index is 1.98. The predicted molar refractivity (Wildman–Crippen MR) is 94.7 cm³/mol. The molecule has 1 aliphatic rings. The molecular weight excluding hydrogens is 342 g/mol. The predicted octanol–water partition coefficient (Wildman–Crippen LogP) is 1.35. The third-order valence-corrected chi connectivity index (χ3v) is 6.99. The number of β-amino-alcohol motifs (C(OH)–C–C–N with tert-alkyl or cyclic N) is 1. The van der Waals surface area contributed by atoms with Gasteiger partial charge in [-0.3, -0.25) is 4.90 Å². The van der Waals surface area contributed by atoms with Crippen LogP contribution in [-0.4, -0.2) is 64.9 Å². The van der Waals surface area contributed by atoms with Crippen molar-refractivity contribution in [3.05, 3.63) is 24.7 Å². The van der Waals surface area contributed by atoms with Crippen LogP contribution in [-0.2, 0) is 9.84 Å². The Bertz CT molecular complexity index is 854. The summed E-state index contributed by atoms with van der Waals surface area (Å²) < 4.78 is 32.9. The first-order valence-corrected chi connectivity index (χ1v) is 9.92. The minimum atomic E-state index is -3.57. The van der Waals surface area contributed by atoms with Crippen molar-refractivity contribution in [2.75, 3.05) is 26.2 Å². The molecule has 1 aliphatic heterocycles. The number of ether oxygens (including phenoxy) is 1. The number of imidazole rings is 1. The number of sulfone groups is 1. The van der Waals surface area contributed by atoms with Crippen LogP contribution in [0.15, 0.2) is 29.6 Å². The first-order valence-electron chi connectivity index (χ1n) is 8.43. The van der Waals surface area contributed by atoms with E-state index in [1.807, 2.05) is 0 Å². The maximum atomic E-state index is 13.0. The van der Waals surface area contributed by atoms with Crippen molar-refractivity contribution in [2.24, 2.45) is 0 Å². The van der Waals surface area contributed by atoms with Crippen LogP contribution in [0.4, 0.5) is 0 Å². The van der Waals surface area contributed by atoms with Crippen molar-refractivity contribution < 1.29 is 18.3 Å². The van der Waals surface area contributed by atoms with Crippen LogP contribution in [0.3, 0.4) is 0 Å². The monoisotopic (exact) mass is 367 g/mol. The SMILES string of the molecule is CC(C)(C)S(=O)(=O)c1cn2ccnc2cc1OC1CCN(CCO)C1. The number of aromatic nitrogens is 2. The van der Waals surface area contributed by atoms with Gasteiger partial charge < -0.3 is 14.2 Å². The Morgan fingerprint density at radius 3 is 2.84 bits per heavy atom. The Labute approximate surface area is 148 Å². The van der Waals surface area contributed by atoms with Crippen LogP contribution in [0.2, 0.25) is 0 Å². The van der Waals surface area contributed by atoms with Crippen molar-refractivity contribution in [1.29, 1.82) is 0 Å². The second-order valence-electron chi connectivity index (χ2n) is 7.36. The second-order valence-corrected chi connectivity index (χ2v) is 10.0. The molecule has 3 heterocycles. The van der Waals surface area contributed by atoms with Crippen molar-refractivity contribution in [3.63, 3.8) is 0 Å². The number of aliphatic hydroxyl groups excluding tert-OH is 1. The molecule has 1 atom stereocenters. The summed E-state index contributed by atoms with van der Waals surface area (Å²) in [5.74, 6) is 0.351. The molecule has 0 aliphatic carbocycles. The lowest BCUT2D eigenvalue weighted by atomic mass is 10.3. The van der Waals surface area contributed by atoms with E-state index in [4.69, 9.17) is 9.84 Å². The average molecular weight is 367 g/mol. The summed E-state index contributed by atoms with van der Waals surface area (Å²) in [5.41, 5.74) is 0.646. The third-order valence-electron chi connectivity index (χ3n) is 4.49. The molecule has 2 aromatic heterocycles. The van der Waals surface area contributed by atoms with E-state index in [-0.39, 0.29) is 17.6 Å². The van der Waals surface area contributed by atoms with Crippen molar-refractivity contribution in [1.82, 2.24) is 14.3 Å². The lowest BCUT2D eigenvalue weighted by Crippen LogP contribution is -2.30. The van der Waals surface area contributed by atoms with Gasteiger partial charge in [0.25, 0.3) is 0 Å². The summed E-state index contributed by atoms with van der Waals surface area (Å²) in [7, 11) is -3.57. The smallest absolute Gasteiger partial charge is 0.188 e. The number of fused-ring (bicyclic) bond motifs is 1. The van der Waals surface area contributed by atoms with Gasteiger partial charge in [-0.1, -0.05) is 0 Å². The molecule has 3 rings (SSSR count). The minimum absolute atomic E-state index is 0.0992. The lowest BCUT2D eigenvalue weighted by molar-refractivity contribution is 0.178. The summed E-state index contributed by atoms with van der Waals surface area (Å²) in [4.78, 5) is 6.52.